The van der Waals surface area contributed by atoms with Crippen molar-refractivity contribution in [3.05, 3.63) is 12.2 Å². The van der Waals surface area contributed by atoms with E-state index in [0.717, 1.165) is 13.2 Å². The van der Waals surface area contributed by atoms with Gasteiger partial charge in [0.15, 0.2) is 0 Å². The fraction of sp³-hybridized carbons (Fsp3) is 0.818. The molecule has 1 N–H and O–H groups in total. The van der Waals surface area contributed by atoms with Crippen molar-refractivity contribution in [2.24, 2.45) is 5.92 Å². The van der Waals surface area contributed by atoms with E-state index in [-0.39, 0.29) is 0 Å². The van der Waals surface area contributed by atoms with Gasteiger partial charge < -0.3 is 10.1 Å². The third kappa shape index (κ3) is 2.82. The Morgan fingerprint density at radius 1 is 1.15 bits per heavy atom. The molecular formula is C11H19NO. The Hall–Kier alpha value is -0.340. The zero-order valence-electron chi connectivity index (χ0n) is 8.17. The molecule has 0 bridgehead atoms. The maximum atomic E-state index is 5.33. The van der Waals surface area contributed by atoms with Crippen LogP contribution in [0.1, 0.15) is 25.7 Å². The topological polar surface area (TPSA) is 21.3 Å². The van der Waals surface area contributed by atoms with Crippen LogP contribution >= 0.6 is 0 Å². The molecule has 13 heavy (non-hydrogen) atoms. The first kappa shape index (κ1) is 9.22. The Morgan fingerprint density at radius 2 is 2.15 bits per heavy atom. The summed E-state index contributed by atoms with van der Waals surface area (Å²) in [6.45, 7) is 3.08. The van der Waals surface area contributed by atoms with Crippen molar-refractivity contribution in [2.45, 2.75) is 31.7 Å². The Kier molecular flexibility index (Phi) is 3.39. The zero-order chi connectivity index (χ0) is 8.93. The number of piperidine rings is 1. The van der Waals surface area contributed by atoms with E-state index in [1.165, 1.54) is 32.2 Å². The van der Waals surface area contributed by atoms with Gasteiger partial charge in [-0.25, -0.2) is 0 Å². The Labute approximate surface area is 80.4 Å². The Balaban J connectivity index is 1.74. The van der Waals surface area contributed by atoms with Gasteiger partial charge in [0, 0.05) is 18.6 Å². The van der Waals surface area contributed by atoms with Gasteiger partial charge in [-0.05, 0) is 25.8 Å². The van der Waals surface area contributed by atoms with Crippen molar-refractivity contribution in [3.8, 4) is 0 Å². The van der Waals surface area contributed by atoms with Gasteiger partial charge in [-0.2, -0.15) is 0 Å². The predicted octanol–water partition coefficient (Wildman–Crippen LogP) is 1.72. The number of rotatable bonds is 2. The second-order valence-corrected chi connectivity index (χ2v) is 4.06. The fourth-order valence-corrected chi connectivity index (χ4v) is 2.04. The van der Waals surface area contributed by atoms with E-state index in [2.05, 4.69) is 17.5 Å². The summed E-state index contributed by atoms with van der Waals surface area (Å²) in [6, 6.07) is 0.634. The van der Waals surface area contributed by atoms with Crippen molar-refractivity contribution in [3.63, 3.8) is 0 Å². The van der Waals surface area contributed by atoms with Crippen LogP contribution in [0.3, 0.4) is 0 Å². The number of hydrogen-bond donors (Lipinski definition) is 1. The molecule has 0 spiro atoms. The van der Waals surface area contributed by atoms with E-state index in [1.54, 1.807) is 0 Å². The molecule has 0 aliphatic carbocycles. The average Bonchev–Trinajstić information content (AvgIpc) is 2.69. The molecule has 2 heterocycles. The van der Waals surface area contributed by atoms with E-state index < -0.39 is 0 Å². The Morgan fingerprint density at radius 3 is 2.85 bits per heavy atom. The molecule has 2 saturated heterocycles. The summed E-state index contributed by atoms with van der Waals surface area (Å²) in [4.78, 5) is 0. The van der Waals surface area contributed by atoms with Crippen LogP contribution in [0.5, 0.6) is 0 Å². The summed E-state index contributed by atoms with van der Waals surface area (Å²) in [5.74, 6) is 0.684. The summed E-state index contributed by atoms with van der Waals surface area (Å²) in [7, 11) is 0. The van der Waals surface area contributed by atoms with E-state index >= 15 is 0 Å². The van der Waals surface area contributed by atoms with Crippen molar-refractivity contribution in [2.75, 3.05) is 19.8 Å². The van der Waals surface area contributed by atoms with E-state index in [0.29, 0.717) is 12.0 Å². The first-order valence-electron chi connectivity index (χ1n) is 5.44. The minimum atomic E-state index is 0.634. The summed E-state index contributed by atoms with van der Waals surface area (Å²) in [5, 5.41) is 3.52. The molecule has 2 rings (SSSR count). The molecule has 2 atom stereocenters. The molecule has 2 fully saturated rings. The van der Waals surface area contributed by atoms with Crippen molar-refractivity contribution >= 4 is 0 Å². The van der Waals surface area contributed by atoms with Crippen LogP contribution in [0.25, 0.3) is 0 Å². The molecule has 2 aliphatic rings. The van der Waals surface area contributed by atoms with E-state index in [4.69, 9.17) is 4.74 Å². The van der Waals surface area contributed by atoms with E-state index in [1.807, 2.05) is 0 Å². The third-order valence-electron chi connectivity index (χ3n) is 2.93. The van der Waals surface area contributed by atoms with Crippen LogP contribution in [-0.2, 0) is 4.74 Å². The van der Waals surface area contributed by atoms with E-state index in [9.17, 15) is 0 Å². The highest BCUT2D eigenvalue weighted by Gasteiger charge is 2.13. The van der Waals surface area contributed by atoms with Gasteiger partial charge in [0.2, 0.25) is 0 Å². The van der Waals surface area contributed by atoms with Gasteiger partial charge in [0.05, 0.1) is 6.61 Å². The molecule has 0 aromatic carbocycles. The number of ether oxygens (including phenoxy) is 1. The van der Waals surface area contributed by atoms with Crippen LogP contribution in [0.4, 0.5) is 0 Å². The van der Waals surface area contributed by atoms with Gasteiger partial charge in [-0.1, -0.05) is 18.6 Å². The monoisotopic (exact) mass is 181 g/mol. The van der Waals surface area contributed by atoms with Gasteiger partial charge in [-0.15, -0.1) is 0 Å². The van der Waals surface area contributed by atoms with Crippen LogP contribution in [-0.4, -0.2) is 25.8 Å². The average molecular weight is 181 g/mol. The molecule has 0 saturated carbocycles. The fourth-order valence-electron chi connectivity index (χ4n) is 2.04. The number of hydrogen-bond acceptors (Lipinski definition) is 2. The van der Waals surface area contributed by atoms with Crippen LogP contribution in [0.2, 0.25) is 0 Å². The Bertz CT molecular complexity index is 167. The van der Waals surface area contributed by atoms with Gasteiger partial charge in [-0.3, -0.25) is 0 Å². The molecule has 0 aromatic rings. The lowest BCUT2D eigenvalue weighted by Crippen LogP contribution is -2.32. The second-order valence-electron chi connectivity index (χ2n) is 4.06. The van der Waals surface area contributed by atoms with Crippen molar-refractivity contribution in [1.29, 1.82) is 0 Å². The van der Waals surface area contributed by atoms with Crippen molar-refractivity contribution < 1.29 is 4.74 Å². The molecule has 2 heteroatoms. The summed E-state index contributed by atoms with van der Waals surface area (Å²) < 4.78 is 5.33. The third-order valence-corrected chi connectivity index (χ3v) is 2.93. The van der Waals surface area contributed by atoms with Gasteiger partial charge in [0.1, 0.15) is 0 Å². The standard InChI is InChI=1S/C11H19NO/c1-2-7-12-11(3-1)5-4-10-6-8-13-9-10/h4-5,10-12H,1-3,6-9H2/b5-4+. The highest BCUT2D eigenvalue weighted by molar-refractivity contribution is 4.98. The minimum Gasteiger partial charge on any atom is -0.381 e. The molecule has 0 aromatic heterocycles. The summed E-state index contributed by atoms with van der Waals surface area (Å²) in [6.07, 6.45) is 9.93. The second kappa shape index (κ2) is 4.77. The molecule has 2 nitrogen and oxygen atoms in total. The molecule has 0 amide bonds. The lowest BCUT2D eigenvalue weighted by atomic mass is 10.0. The molecule has 74 valence electrons. The number of nitrogens with one attached hydrogen (secondary N) is 1. The molecule has 0 radical (unpaired) electrons. The maximum Gasteiger partial charge on any atom is 0.0529 e. The highest BCUT2D eigenvalue weighted by Crippen LogP contribution is 2.15. The van der Waals surface area contributed by atoms with Crippen LogP contribution in [0, 0.1) is 5.92 Å². The smallest absolute Gasteiger partial charge is 0.0529 e. The van der Waals surface area contributed by atoms with Crippen molar-refractivity contribution in [1.82, 2.24) is 5.32 Å². The van der Waals surface area contributed by atoms with Gasteiger partial charge in [0.25, 0.3) is 0 Å². The maximum absolute atomic E-state index is 5.33. The lowest BCUT2D eigenvalue weighted by Gasteiger charge is -2.20. The normalized spacial score (nSPS) is 35.7. The van der Waals surface area contributed by atoms with Gasteiger partial charge >= 0.3 is 0 Å². The van der Waals surface area contributed by atoms with Crippen LogP contribution < -0.4 is 5.32 Å². The minimum absolute atomic E-state index is 0.634. The largest absolute Gasteiger partial charge is 0.381 e. The SMILES string of the molecule is C(=C\C1CCCCN1)/C1CCOC1. The first-order chi connectivity index (χ1) is 6.45. The lowest BCUT2D eigenvalue weighted by molar-refractivity contribution is 0.191. The summed E-state index contributed by atoms with van der Waals surface area (Å²) >= 11 is 0. The molecule has 2 aliphatic heterocycles. The summed E-state index contributed by atoms with van der Waals surface area (Å²) in [5.41, 5.74) is 0. The first-order valence-corrected chi connectivity index (χ1v) is 5.44. The molecule has 2 unspecified atom stereocenters. The van der Waals surface area contributed by atoms with Crippen LogP contribution in [0.15, 0.2) is 12.2 Å². The highest BCUT2D eigenvalue weighted by atomic mass is 16.5. The molecular weight excluding hydrogens is 162 g/mol. The zero-order valence-corrected chi connectivity index (χ0v) is 8.17. The predicted molar refractivity (Wildman–Crippen MR) is 53.7 cm³/mol. The quantitative estimate of drug-likeness (QED) is 0.655.